The summed E-state index contributed by atoms with van der Waals surface area (Å²) in [5.41, 5.74) is 3.30. The summed E-state index contributed by atoms with van der Waals surface area (Å²) >= 11 is 0. The van der Waals surface area contributed by atoms with E-state index in [1.165, 1.54) is 4.31 Å². The second-order valence-corrected chi connectivity index (χ2v) is 9.84. The van der Waals surface area contributed by atoms with E-state index in [9.17, 15) is 13.2 Å². The van der Waals surface area contributed by atoms with Crippen LogP contribution in [0.4, 0.5) is 5.69 Å². The number of carbonyl (C=O) groups is 1. The van der Waals surface area contributed by atoms with Crippen LogP contribution in [0.2, 0.25) is 0 Å². The fraction of sp³-hybridized carbons (Fsp3) is 0.154. The monoisotopic (exact) mass is 474 g/mol. The highest BCUT2D eigenvalue weighted by Gasteiger charge is 2.23. The molecule has 3 aromatic carbocycles. The lowest BCUT2D eigenvalue weighted by Crippen LogP contribution is -2.32. The third kappa shape index (κ3) is 5.18. The van der Waals surface area contributed by atoms with Crippen molar-refractivity contribution >= 4 is 21.6 Å². The molecule has 4 aromatic rings. The van der Waals surface area contributed by atoms with Gasteiger partial charge in [-0.15, -0.1) is 0 Å². The van der Waals surface area contributed by atoms with Crippen LogP contribution in [0.5, 0.6) is 0 Å². The van der Waals surface area contributed by atoms with Gasteiger partial charge in [0.15, 0.2) is 0 Å². The van der Waals surface area contributed by atoms with Gasteiger partial charge in [-0.1, -0.05) is 60.7 Å². The van der Waals surface area contributed by atoms with E-state index in [0.29, 0.717) is 11.3 Å². The molecular weight excluding hydrogens is 448 g/mol. The summed E-state index contributed by atoms with van der Waals surface area (Å²) in [7, 11) is -3.64. The van der Waals surface area contributed by atoms with Crippen LogP contribution in [-0.2, 0) is 23.1 Å². The zero-order valence-electron chi connectivity index (χ0n) is 19.0. The number of hydrogen-bond acceptors (Lipinski definition) is 4. The van der Waals surface area contributed by atoms with Crippen molar-refractivity contribution in [2.45, 2.75) is 20.0 Å². The normalized spacial score (nSPS) is 11.2. The van der Waals surface area contributed by atoms with Crippen LogP contribution in [0.25, 0.3) is 5.69 Å². The lowest BCUT2D eigenvalue weighted by Gasteiger charge is -2.25. The Balaban J connectivity index is 1.61. The number of benzene rings is 3. The Bertz CT molecular complexity index is 1400. The van der Waals surface area contributed by atoms with Gasteiger partial charge in [0.05, 0.1) is 29.7 Å². The molecule has 0 spiro atoms. The molecule has 0 saturated heterocycles. The zero-order valence-corrected chi connectivity index (χ0v) is 19.9. The summed E-state index contributed by atoms with van der Waals surface area (Å²) in [4.78, 5) is 17.5. The van der Waals surface area contributed by atoms with Crippen molar-refractivity contribution in [2.75, 3.05) is 10.6 Å². The molecule has 1 N–H and O–H groups in total. The van der Waals surface area contributed by atoms with Gasteiger partial charge in [0.2, 0.25) is 10.0 Å². The number of amides is 1. The molecule has 0 radical (unpaired) electrons. The summed E-state index contributed by atoms with van der Waals surface area (Å²) in [6.45, 7) is 2.32. The average molecular weight is 475 g/mol. The van der Waals surface area contributed by atoms with Gasteiger partial charge in [-0.3, -0.25) is 9.10 Å². The molecule has 0 bridgehead atoms. The summed E-state index contributed by atoms with van der Waals surface area (Å²) in [5, 5.41) is 2.95. The minimum Gasteiger partial charge on any atom is -0.348 e. The maximum absolute atomic E-state index is 13.2. The van der Waals surface area contributed by atoms with Crippen LogP contribution in [0.3, 0.4) is 0 Å². The molecule has 7 nitrogen and oxygen atoms in total. The number of rotatable bonds is 8. The van der Waals surface area contributed by atoms with Crippen LogP contribution in [0, 0.1) is 6.92 Å². The van der Waals surface area contributed by atoms with E-state index >= 15 is 0 Å². The van der Waals surface area contributed by atoms with Gasteiger partial charge in [-0.05, 0) is 36.2 Å². The first-order valence-corrected chi connectivity index (χ1v) is 12.7. The number of sulfonamides is 1. The molecule has 0 unspecified atom stereocenters. The van der Waals surface area contributed by atoms with Crippen molar-refractivity contribution in [1.82, 2.24) is 14.9 Å². The molecule has 1 amide bonds. The number of nitrogens with zero attached hydrogens (tertiary/aromatic N) is 3. The lowest BCUT2D eigenvalue weighted by atomic mass is 10.1. The molecule has 0 atom stereocenters. The van der Waals surface area contributed by atoms with Crippen molar-refractivity contribution in [3.05, 3.63) is 114 Å². The number of aromatic nitrogens is 2. The van der Waals surface area contributed by atoms with Gasteiger partial charge in [0.25, 0.3) is 5.91 Å². The predicted octanol–water partition coefficient (Wildman–Crippen LogP) is 4.08. The van der Waals surface area contributed by atoms with E-state index in [4.69, 9.17) is 0 Å². The summed E-state index contributed by atoms with van der Waals surface area (Å²) < 4.78 is 28.6. The predicted molar refractivity (Wildman–Crippen MR) is 133 cm³/mol. The first kappa shape index (κ1) is 23.3. The van der Waals surface area contributed by atoms with Gasteiger partial charge in [0, 0.05) is 18.9 Å². The third-order valence-electron chi connectivity index (χ3n) is 5.50. The van der Waals surface area contributed by atoms with Crippen molar-refractivity contribution in [3.63, 3.8) is 0 Å². The van der Waals surface area contributed by atoms with Gasteiger partial charge in [0.1, 0.15) is 5.82 Å². The number of anilines is 1. The van der Waals surface area contributed by atoms with E-state index in [0.717, 1.165) is 28.9 Å². The Kier molecular flexibility index (Phi) is 6.79. The molecule has 174 valence electrons. The molecule has 1 heterocycles. The molecule has 0 fully saturated rings. The topological polar surface area (TPSA) is 84.3 Å². The van der Waals surface area contributed by atoms with Gasteiger partial charge < -0.3 is 9.88 Å². The van der Waals surface area contributed by atoms with E-state index in [-0.39, 0.29) is 19.0 Å². The number of nitrogens with one attached hydrogen (secondary N) is 1. The number of carbonyl (C=O) groups excluding carboxylic acids is 1. The summed E-state index contributed by atoms with van der Waals surface area (Å²) in [5.74, 6) is 0.489. The number of aryl methyl sites for hydroxylation is 1. The molecule has 0 aliphatic carbocycles. The van der Waals surface area contributed by atoms with E-state index in [1.807, 2.05) is 72.3 Å². The maximum Gasteiger partial charge on any atom is 0.253 e. The van der Waals surface area contributed by atoms with Crippen LogP contribution >= 0.6 is 0 Å². The van der Waals surface area contributed by atoms with Gasteiger partial charge in [-0.2, -0.15) is 0 Å². The second kappa shape index (κ2) is 9.93. The zero-order chi connectivity index (χ0) is 24.1. The number of imidazole rings is 1. The minimum atomic E-state index is -3.64. The average Bonchev–Trinajstić information content (AvgIpc) is 3.27. The van der Waals surface area contributed by atoms with E-state index in [2.05, 4.69) is 10.3 Å². The Hall–Kier alpha value is -3.91. The van der Waals surface area contributed by atoms with Gasteiger partial charge in [-0.25, -0.2) is 13.4 Å². The molecule has 34 heavy (non-hydrogen) atoms. The summed E-state index contributed by atoms with van der Waals surface area (Å²) in [6, 6.07) is 23.8. The van der Waals surface area contributed by atoms with Crippen LogP contribution in [0.1, 0.15) is 27.3 Å². The van der Waals surface area contributed by atoms with Crippen molar-refractivity contribution in [2.24, 2.45) is 0 Å². The Morgan fingerprint density at radius 3 is 2.35 bits per heavy atom. The number of para-hydroxylation sites is 2. The van der Waals surface area contributed by atoms with E-state index < -0.39 is 10.0 Å². The maximum atomic E-state index is 13.2. The Labute approximate surface area is 199 Å². The second-order valence-electron chi connectivity index (χ2n) is 7.93. The molecular formula is C26H26N4O3S. The van der Waals surface area contributed by atoms with Crippen molar-refractivity contribution in [3.8, 4) is 5.69 Å². The highest BCUT2D eigenvalue weighted by atomic mass is 32.2. The number of hydrogen-bond donors (Lipinski definition) is 1. The summed E-state index contributed by atoms with van der Waals surface area (Å²) in [6.07, 6.45) is 4.75. The largest absolute Gasteiger partial charge is 0.348 e. The van der Waals surface area contributed by atoms with Crippen molar-refractivity contribution < 1.29 is 13.2 Å². The van der Waals surface area contributed by atoms with E-state index in [1.54, 1.807) is 30.5 Å². The highest BCUT2D eigenvalue weighted by Crippen LogP contribution is 2.25. The Morgan fingerprint density at radius 1 is 0.971 bits per heavy atom. The molecule has 0 saturated carbocycles. The smallest absolute Gasteiger partial charge is 0.253 e. The first-order chi connectivity index (χ1) is 16.3. The third-order valence-corrected chi connectivity index (χ3v) is 6.63. The fourth-order valence-corrected chi connectivity index (χ4v) is 4.71. The van der Waals surface area contributed by atoms with Gasteiger partial charge >= 0.3 is 0 Å². The molecule has 4 rings (SSSR count). The molecule has 0 aliphatic rings. The Morgan fingerprint density at radius 2 is 1.65 bits per heavy atom. The standard InChI is InChI=1S/C26H26N4O3S/c1-20-27-16-17-29(20)24-14-8-6-12-22(24)18-28-26(31)23-13-7-9-15-25(23)30(34(2,32)33)19-21-10-4-3-5-11-21/h3-17H,18-19H2,1-2H3,(H,28,31). The van der Waals surface area contributed by atoms with Crippen LogP contribution in [0.15, 0.2) is 91.3 Å². The highest BCUT2D eigenvalue weighted by molar-refractivity contribution is 7.92. The molecule has 0 aliphatic heterocycles. The minimum absolute atomic E-state index is 0.132. The molecule has 8 heteroatoms. The molecule has 1 aromatic heterocycles. The van der Waals surface area contributed by atoms with Crippen molar-refractivity contribution in [1.29, 1.82) is 0 Å². The lowest BCUT2D eigenvalue weighted by molar-refractivity contribution is 0.0951. The fourth-order valence-electron chi connectivity index (χ4n) is 3.81. The SMILES string of the molecule is Cc1nccn1-c1ccccc1CNC(=O)c1ccccc1N(Cc1ccccc1)S(C)(=O)=O. The van der Waals surface area contributed by atoms with Crippen LogP contribution < -0.4 is 9.62 Å². The quantitative estimate of drug-likeness (QED) is 0.417. The van der Waals surface area contributed by atoms with Crippen LogP contribution in [-0.4, -0.2) is 30.1 Å². The first-order valence-electron chi connectivity index (χ1n) is 10.8.